The highest BCUT2D eigenvalue weighted by molar-refractivity contribution is 5.96. The van der Waals surface area contributed by atoms with Crippen LogP contribution in [-0.2, 0) is 15.7 Å². The topological polar surface area (TPSA) is 80.3 Å². The van der Waals surface area contributed by atoms with Crippen molar-refractivity contribution in [3.8, 4) is 0 Å². The number of amides is 2. The Hall–Kier alpha value is -2.82. The maximum atomic E-state index is 12.8. The predicted octanol–water partition coefficient (Wildman–Crippen LogP) is 3.45. The van der Waals surface area contributed by atoms with Crippen LogP contribution in [0.5, 0.6) is 0 Å². The molecule has 4 fully saturated rings. The van der Waals surface area contributed by atoms with Gasteiger partial charge in [0.2, 0.25) is 5.91 Å². The van der Waals surface area contributed by atoms with Crippen molar-refractivity contribution in [1.82, 2.24) is 15.6 Å². The van der Waals surface area contributed by atoms with Crippen molar-refractivity contribution in [3.63, 3.8) is 0 Å². The molecule has 6 rings (SSSR count). The van der Waals surface area contributed by atoms with Gasteiger partial charge in [-0.3, -0.25) is 9.59 Å². The van der Waals surface area contributed by atoms with Crippen LogP contribution in [-0.4, -0.2) is 47.0 Å². The van der Waals surface area contributed by atoms with Gasteiger partial charge in [0.05, 0.1) is 23.6 Å². The van der Waals surface area contributed by atoms with Gasteiger partial charge in [-0.15, -0.1) is 0 Å². The van der Waals surface area contributed by atoms with Crippen LogP contribution >= 0.6 is 0 Å². The summed E-state index contributed by atoms with van der Waals surface area (Å²) in [5.74, 6) is -4.31. The zero-order valence-corrected chi connectivity index (χ0v) is 17.3. The van der Waals surface area contributed by atoms with Crippen molar-refractivity contribution in [3.05, 3.63) is 41.6 Å². The summed E-state index contributed by atoms with van der Waals surface area (Å²) in [5.41, 5.74) is -1.30. The highest BCUT2D eigenvalue weighted by Gasteiger charge is 2.69. The number of carbonyl (C=O) groups excluding carboxylic acids is 2. The number of rotatable bonds is 7. The van der Waals surface area contributed by atoms with Crippen LogP contribution in [0, 0.1) is 5.92 Å². The molecule has 176 valence electrons. The number of alkyl halides is 5. The largest absolute Gasteiger partial charge is 0.416 e. The number of carbonyl (C=O) groups is 2. The molecule has 2 N–H and O–H groups in total. The minimum absolute atomic E-state index is 0.0929. The predicted molar refractivity (Wildman–Crippen MR) is 106 cm³/mol. The summed E-state index contributed by atoms with van der Waals surface area (Å²) in [6, 6.07) is 5.93. The lowest BCUT2D eigenvalue weighted by Gasteiger charge is -2.70. The molecule has 1 heterocycles. The number of aromatic nitrogens is 1. The minimum Gasteiger partial charge on any atom is -0.371 e. The molecule has 1 aromatic heterocycles. The van der Waals surface area contributed by atoms with Crippen molar-refractivity contribution in [2.75, 3.05) is 13.2 Å². The third-order valence-corrected chi connectivity index (χ3v) is 6.57. The molecule has 2 aromatic rings. The van der Waals surface area contributed by atoms with E-state index in [1.807, 2.05) is 0 Å². The van der Waals surface area contributed by atoms with Crippen LogP contribution in [0.25, 0.3) is 10.9 Å². The molecule has 1 aromatic carbocycles. The van der Waals surface area contributed by atoms with Gasteiger partial charge in [-0.2, -0.15) is 13.2 Å². The lowest BCUT2D eigenvalue weighted by atomic mass is 9.44. The van der Waals surface area contributed by atoms with E-state index in [0.29, 0.717) is 19.3 Å². The molecule has 2 bridgehead atoms. The number of nitrogens with zero attached hydrogens (tertiary/aromatic N) is 1. The first kappa shape index (κ1) is 22.0. The average molecular weight is 469 g/mol. The smallest absolute Gasteiger partial charge is 0.371 e. The molecule has 4 aliphatic carbocycles. The van der Waals surface area contributed by atoms with Gasteiger partial charge in [0.1, 0.15) is 12.3 Å². The van der Waals surface area contributed by atoms with E-state index < -0.39 is 40.6 Å². The van der Waals surface area contributed by atoms with Crippen LogP contribution in [0.3, 0.4) is 0 Å². The molecule has 6 nitrogen and oxygen atoms in total. The fourth-order valence-electron chi connectivity index (χ4n) is 4.86. The molecule has 1 atom stereocenters. The first-order chi connectivity index (χ1) is 15.4. The Balaban J connectivity index is 1.11. The summed E-state index contributed by atoms with van der Waals surface area (Å²) in [6.07, 6.45) is -3.08. The summed E-state index contributed by atoms with van der Waals surface area (Å²) in [6.45, 7) is -0.436. The van der Waals surface area contributed by atoms with E-state index >= 15 is 0 Å². The van der Waals surface area contributed by atoms with E-state index in [4.69, 9.17) is 4.74 Å². The maximum absolute atomic E-state index is 12.8. The Labute approximate surface area is 184 Å². The first-order valence-electron chi connectivity index (χ1n) is 10.5. The van der Waals surface area contributed by atoms with E-state index in [0.717, 1.165) is 12.1 Å². The van der Waals surface area contributed by atoms with Gasteiger partial charge >= 0.3 is 6.18 Å². The van der Waals surface area contributed by atoms with Crippen LogP contribution in [0.1, 0.15) is 41.7 Å². The summed E-state index contributed by atoms with van der Waals surface area (Å²) in [7, 11) is 0. The van der Waals surface area contributed by atoms with Crippen LogP contribution < -0.4 is 10.6 Å². The Bertz CT molecular complexity index is 1130. The van der Waals surface area contributed by atoms with E-state index in [2.05, 4.69) is 15.6 Å². The normalized spacial score (nSPS) is 29.1. The van der Waals surface area contributed by atoms with Crippen molar-refractivity contribution in [2.45, 2.75) is 48.9 Å². The van der Waals surface area contributed by atoms with Crippen molar-refractivity contribution >= 4 is 22.7 Å². The number of benzene rings is 1. The lowest BCUT2D eigenvalue weighted by Crippen LogP contribution is -2.84. The second kappa shape index (κ2) is 7.09. The van der Waals surface area contributed by atoms with Crippen LogP contribution in [0.2, 0.25) is 0 Å². The number of halogens is 5. The van der Waals surface area contributed by atoms with E-state index in [1.54, 1.807) is 0 Å². The minimum atomic E-state index is -4.46. The summed E-state index contributed by atoms with van der Waals surface area (Å²) < 4.78 is 69.2. The molecule has 11 heteroatoms. The Morgan fingerprint density at radius 2 is 1.73 bits per heavy atom. The third-order valence-electron chi connectivity index (χ3n) is 6.57. The number of ether oxygens (including phenoxy) is 1. The lowest BCUT2D eigenvalue weighted by molar-refractivity contribution is -0.144. The van der Waals surface area contributed by atoms with Crippen LogP contribution in [0.15, 0.2) is 30.3 Å². The molecule has 0 spiro atoms. The van der Waals surface area contributed by atoms with E-state index in [1.165, 1.54) is 18.2 Å². The number of nitrogens with one attached hydrogen (secondary N) is 2. The zero-order chi connectivity index (χ0) is 23.6. The average Bonchev–Trinajstić information content (AvgIpc) is 3.29. The number of fused-ring (bicyclic) bond motifs is 1. The van der Waals surface area contributed by atoms with Gasteiger partial charge in [-0.05, 0) is 43.5 Å². The summed E-state index contributed by atoms with van der Waals surface area (Å²) in [4.78, 5) is 28.8. The molecule has 4 aliphatic rings. The molecular formula is C22H20F5N3O3. The SMILES string of the molecule is O=C(COC[C@@H]1CC1(F)F)NC12CC(NC(=O)c3ccc4cc(C(F)(F)F)ccc4n3)(C1)C2. The third kappa shape index (κ3) is 4.14. The van der Waals surface area contributed by atoms with Crippen molar-refractivity contribution in [1.29, 1.82) is 0 Å². The van der Waals surface area contributed by atoms with E-state index in [9.17, 15) is 31.5 Å². The van der Waals surface area contributed by atoms with Crippen molar-refractivity contribution in [2.24, 2.45) is 5.92 Å². The molecule has 0 saturated heterocycles. The fourth-order valence-corrected chi connectivity index (χ4v) is 4.86. The molecule has 0 aliphatic heterocycles. The Morgan fingerprint density at radius 1 is 1.06 bits per heavy atom. The standard InChI is InChI=1S/C22H20F5N3O3/c23-21(24)6-14(21)7-33-8-17(31)29-19-9-20(10-19,11-19)30-18(32)16-3-1-12-5-13(22(25,26)27)2-4-15(12)28-16/h1-5,14H,6-11H2,(H,29,31)(H,30,32)/t14-,19?,20?/m0/s1. The second-order valence-corrected chi connectivity index (χ2v) is 9.37. The van der Waals surface area contributed by atoms with Gasteiger partial charge in [0, 0.05) is 22.9 Å². The molecule has 0 radical (unpaired) electrons. The monoisotopic (exact) mass is 469 g/mol. The number of hydrogen-bond donors (Lipinski definition) is 2. The number of hydrogen-bond acceptors (Lipinski definition) is 4. The van der Waals surface area contributed by atoms with E-state index in [-0.39, 0.29) is 42.1 Å². The van der Waals surface area contributed by atoms with Gasteiger partial charge in [0.15, 0.2) is 0 Å². The Morgan fingerprint density at radius 3 is 2.36 bits per heavy atom. The maximum Gasteiger partial charge on any atom is 0.416 e. The second-order valence-electron chi connectivity index (χ2n) is 9.37. The molecule has 33 heavy (non-hydrogen) atoms. The van der Waals surface area contributed by atoms with Gasteiger partial charge < -0.3 is 15.4 Å². The molecular weight excluding hydrogens is 449 g/mol. The highest BCUT2D eigenvalue weighted by atomic mass is 19.4. The number of pyridine rings is 1. The molecule has 0 unspecified atom stereocenters. The van der Waals surface area contributed by atoms with Gasteiger partial charge in [-0.1, -0.05) is 6.07 Å². The molecule has 2 amide bonds. The zero-order valence-electron chi connectivity index (χ0n) is 17.3. The highest BCUT2D eigenvalue weighted by Crippen LogP contribution is 2.60. The van der Waals surface area contributed by atoms with Gasteiger partial charge in [0.25, 0.3) is 11.8 Å². The summed E-state index contributed by atoms with van der Waals surface area (Å²) in [5, 5.41) is 6.02. The Kier molecular flexibility index (Phi) is 4.72. The van der Waals surface area contributed by atoms with Crippen molar-refractivity contribution < 1.29 is 36.3 Å². The molecule has 4 saturated carbocycles. The quantitative estimate of drug-likeness (QED) is 0.609. The fraction of sp³-hybridized carbons (Fsp3) is 0.500. The first-order valence-corrected chi connectivity index (χ1v) is 10.5. The summed E-state index contributed by atoms with van der Waals surface area (Å²) >= 11 is 0. The van der Waals surface area contributed by atoms with Gasteiger partial charge in [-0.25, -0.2) is 13.8 Å². The van der Waals surface area contributed by atoms with Crippen LogP contribution in [0.4, 0.5) is 22.0 Å².